The van der Waals surface area contributed by atoms with E-state index in [1.54, 1.807) is 12.0 Å². The molecule has 264 valence electrons. The van der Waals surface area contributed by atoms with Crippen LogP contribution in [0.1, 0.15) is 68.5 Å². The van der Waals surface area contributed by atoms with Gasteiger partial charge < -0.3 is 24.2 Å². The molecular formula is C35H50F3N7O3. The second-order valence-electron chi connectivity index (χ2n) is 14.0. The van der Waals surface area contributed by atoms with E-state index in [2.05, 4.69) is 40.0 Å². The number of anilines is 2. The molecule has 2 aromatic heterocycles. The zero-order valence-electron chi connectivity index (χ0n) is 28.9. The van der Waals surface area contributed by atoms with Crippen molar-refractivity contribution < 1.29 is 27.4 Å². The SMILES string of the molecule is C=CC[C@H]1[C@@H](N2CCN(C(=O)OC(C)(C)C)CC2)CN1c1cc(N2CCC(c3c(C)cnn3CCOC)CC2)nc(C(F)(F)F)c1C=C. The van der Waals surface area contributed by atoms with E-state index < -0.39 is 17.5 Å². The summed E-state index contributed by atoms with van der Waals surface area (Å²) in [6, 6.07) is 1.84. The van der Waals surface area contributed by atoms with Crippen molar-refractivity contribution in [1.29, 1.82) is 0 Å². The summed E-state index contributed by atoms with van der Waals surface area (Å²) in [5, 5.41) is 4.53. The van der Waals surface area contributed by atoms with E-state index in [0.29, 0.717) is 76.9 Å². The quantitative estimate of drug-likeness (QED) is 0.286. The minimum Gasteiger partial charge on any atom is -0.444 e. The maximum absolute atomic E-state index is 14.6. The number of piperazine rings is 1. The van der Waals surface area contributed by atoms with Gasteiger partial charge in [-0.05, 0) is 52.5 Å². The van der Waals surface area contributed by atoms with E-state index >= 15 is 0 Å². The summed E-state index contributed by atoms with van der Waals surface area (Å²) < 4.78 is 56.5. The molecule has 3 aliphatic heterocycles. The molecule has 0 N–H and O–H groups in total. The highest BCUT2D eigenvalue weighted by Crippen LogP contribution is 2.43. The molecule has 0 spiro atoms. The first kappa shape index (κ1) is 35.7. The number of amides is 1. The van der Waals surface area contributed by atoms with Crippen LogP contribution in [0.3, 0.4) is 0 Å². The summed E-state index contributed by atoms with van der Waals surface area (Å²) in [6.07, 6.45) is 2.17. The number of carbonyl (C=O) groups is 1. The van der Waals surface area contributed by atoms with Crippen LogP contribution in [0.15, 0.2) is 31.5 Å². The van der Waals surface area contributed by atoms with Gasteiger partial charge in [0.05, 0.1) is 25.0 Å². The molecule has 2 atom stereocenters. The van der Waals surface area contributed by atoms with Crippen molar-refractivity contribution in [2.24, 2.45) is 0 Å². The molecule has 3 aliphatic rings. The first-order valence-electron chi connectivity index (χ1n) is 16.9. The molecule has 0 bridgehead atoms. The predicted octanol–water partition coefficient (Wildman–Crippen LogP) is 5.96. The van der Waals surface area contributed by atoms with Gasteiger partial charge in [-0.3, -0.25) is 9.58 Å². The molecular weight excluding hydrogens is 623 g/mol. The lowest BCUT2D eigenvalue weighted by atomic mass is 9.89. The smallest absolute Gasteiger partial charge is 0.434 e. The third kappa shape index (κ3) is 7.67. The lowest BCUT2D eigenvalue weighted by Crippen LogP contribution is -2.69. The number of nitrogens with zero attached hydrogens (tertiary/aromatic N) is 7. The van der Waals surface area contributed by atoms with Crippen LogP contribution >= 0.6 is 0 Å². The molecule has 48 heavy (non-hydrogen) atoms. The molecule has 3 saturated heterocycles. The largest absolute Gasteiger partial charge is 0.444 e. The summed E-state index contributed by atoms with van der Waals surface area (Å²) in [4.78, 5) is 24.9. The van der Waals surface area contributed by atoms with Gasteiger partial charge in [0.1, 0.15) is 11.4 Å². The second kappa shape index (κ2) is 14.5. The fraction of sp³-hybridized carbons (Fsp3) is 0.629. The minimum absolute atomic E-state index is 0.000984. The first-order chi connectivity index (χ1) is 22.7. The topological polar surface area (TPSA) is 79.2 Å². The number of aromatic nitrogens is 3. The molecule has 13 heteroatoms. The Bertz CT molecular complexity index is 1450. The van der Waals surface area contributed by atoms with Gasteiger partial charge in [-0.2, -0.15) is 18.3 Å². The standard InChI is InChI=1S/C35H50F3N7O3/c1-8-10-27-29(41-15-17-43(18-16-41)33(46)48-34(4,5)6)23-44(27)28-21-30(40-32(26(28)9-2)35(36,37)38)42-13-11-25(12-14-42)31-24(3)22-39-45(31)19-20-47-7/h8-9,21-22,25,27,29H,1-2,10-20,23H2,3-7H3/t27-,29-/m0/s1. The third-order valence-corrected chi connectivity index (χ3v) is 9.66. The molecule has 5 heterocycles. The Morgan fingerprint density at radius 2 is 1.77 bits per heavy atom. The Morgan fingerprint density at radius 1 is 1.08 bits per heavy atom. The van der Waals surface area contributed by atoms with Crippen LogP contribution in [0.25, 0.3) is 6.08 Å². The van der Waals surface area contributed by atoms with E-state index in [0.717, 1.165) is 18.4 Å². The van der Waals surface area contributed by atoms with Crippen LogP contribution in [0.5, 0.6) is 0 Å². The number of hydrogen-bond acceptors (Lipinski definition) is 8. The highest BCUT2D eigenvalue weighted by Gasteiger charge is 2.46. The van der Waals surface area contributed by atoms with Gasteiger partial charge >= 0.3 is 12.3 Å². The van der Waals surface area contributed by atoms with Gasteiger partial charge in [-0.25, -0.2) is 9.78 Å². The highest BCUT2D eigenvalue weighted by atomic mass is 19.4. The monoisotopic (exact) mass is 673 g/mol. The molecule has 0 aliphatic carbocycles. The van der Waals surface area contributed by atoms with Crippen molar-refractivity contribution in [3.63, 3.8) is 0 Å². The number of hydrogen-bond donors (Lipinski definition) is 0. The molecule has 1 amide bonds. The van der Waals surface area contributed by atoms with Crippen molar-refractivity contribution in [2.75, 3.05) is 69.3 Å². The first-order valence-corrected chi connectivity index (χ1v) is 16.9. The van der Waals surface area contributed by atoms with Crippen molar-refractivity contribution >= 4 is 23.7 Å². The van der Waals surface area contributed by atoms with Crippen LogP contribution in [0.4, 0.5) is 29.5 Å². The Hall–Kier alpha value is -3.58. The molecule has 10 nitrogen and oxygen atoms in total. The molecule has 0 aromatic carbocycles. The summed E-state index contributed by atoms with van der Waals surface area (Å²) in [7, 11) is 1.66. The van der Waals surface area contributed by atoms with Crippen LogP contribution in [-0.4, -0.2) is 108 Å². The summed E-state index contributed by atoms with van der Waals surface area (Å²) in [5.41, 5.74) is 1.31. The van der Waals surface area contributed by atoms with Crippen molar-refractivity contribution in [3.8, 4) is 0 Å². The normalized spacial score (nSPS) is 21.3. The molecule has 0 saturated carbocycles. The lowest BCUT2D eigenvalue weighted by molar-refractivity contribution is -0.141. The maximum atomic E-state index is 14.6. The van der Waals surface area contributed by atoms with E-state index in [1.165, 1.54) is 11.8 Å². The van der Waals surface area contributed by atoms with E-state index in [-0.39, 0.29) is 29.7 Å². The second-order valence-corrected chi connectivity index (χ2v) is 14.0. The van der Waals surface area contributed by atoms with Crippen LogP contribution in [0.2, 0.25) is 0 Å². The number of halogens is 3. The molecule has 0 unspecified atom stereocenters. The van der Waals surface area contributed by atoms with Crippen molar-refractivity contribution in [3.05, 3.63) is 54.0 Å². The minimum atomic E-state index is -4.65. The van der Waals surface area contributed by atoms with E-state index in [1.807, 2.05) is 48.7 Å². The van der Waals surface area contributed by atoms with Gasteiger partial charge in [0.2, 0.25) is 0 Å². The number of alkyl halides is 3. The summed E-state index contributed by atoms with van der Waals surface area (Å²) in [6.45, 7) is 20.6. The van der Waals surface area contributed by atoms with Crippen LogP contribution in [-0.2, 0) is 22.2 Å². The number of aryl methyl sites for hydroxylation is 1. The predicted molar refractivity (Wildman–Crippen MR) is 181 cm³/mol. The number of pyridine rings is 1. The van der Waals surface area contributed by atoms with E-state index in [4.69, 9.17) is 9.47 Å². The third-order valence-electron chi connectivity index (χ3n) is 9.66. The Kier molecular flexibility index (Phi) is 10.8. The molecule has 0 radical (unpaired) electrons. The number of methoxy groups -OCH3 is 1. The van der Waals surface area contributed by atoms with Crippen molar-refractivity contribution in [2.45, 2.75) is 83.3 Å². The average molecular weight is 674 g/mol. The van der Waals surface area contributed by atoms with Crippen LogP contribution in [0, 0.1) is 6.92 Å². The van der Waals surface area contributed by atoms with Gasteiger partial charge in [0.15, 0.2) is 5.69 Å². The molecule has 2 aromatic rings. The van der Waals surface area contributed by atoms with Crippen LogP contribution < -0.4 is 9.80 Å². The van der Waals surface area contributed by atoms with Crippen molar-refractivity contribution in [1.82, 2.24) is 24.6 Å². The highest BCUT2D eigenvalue weighted by molar-refractivity contribution is 5.74. The average Bonchev–Trinajstić information content (AvgIpc) is 3.40. The Morgan fingerprint density at radius 3 is 2.35 bits per heavy atom. The Balaban J connectivity index is 1.35. The maximum Gasteiger partial charge on any atom is 0.434 e. The number of carbonyl (C=O) groups excluding carboxylic acids is 1. The van der Waals surface area contributed by atoms with E-state index in [9.17, 15) is 18.0 Å². The molecule has 5 rings (SSSR count). The Labute approximate surface area is 282 Å². The fourth-order valence-electron chi connectivity index (χ4n) is 7.29. The number of piperidine rings is 1. The van der Waals surface area contributed by atoms with Gasteiger partial charge in [0.25, 0.3) is 0 Å². The fourth-order valence-corrected chi connectivity index (χ4v) is 7.29. The van der Waals surface area contributed by atoms with Gasteiger partial charge in [-0.15, -0.1) is 6.58 Å². The summed E-state index contributed by atoms with van der Waals surface area (Å²) in [5.74, 6) is 0.580. The number of rotatable bonds is 10. The zero-order valence-corrected chi connectivity index (χ0v) is 28.9. The summed E-state index contributed by atoms with van der Waals surface area (Å²) >= 11 is 0. The van der Waals surface area contributed by atoms with Gasteiger partial charge in [-0.1, -0.05) is 18.7 Å². The zero-order chi connectivity index (χ0) is 34.8. The van der Waals surface area contributed by atoms with Gasteiger partial charge in [0, 0.05) is 88.2 Å². The molecule has 3 fully saturated rings. The lowest BCUT2D eigenvalue weighted by Gasteiger charge is -2.55. The number of ether oxygens (including phenoxy) is 2.